The predicted octanol–water partition coefficient (Wildman–Crippen LogP) is 2.28. The number of nitrogens with one attached hydrogen (secondary N) is 2. The molecule has 0 aliphatic carbocycles. The lowest BCUT2D eigenvalue weighted by Crippen LogP contribution is -2.02. The van der Waals surface area contributed by atoms with Gasteiger partial charge in [0.15, 0.2) is 5.65 Å². The molecule has 0 amide bonds. The summed E-state index contributed by atoms with van der Waals surface area (Å²) in [5, 5.41) is 11.0. The monoisotopic (exact) mass is 269 g/mol. The second kappa shape index (κ2) is 5.16. The Morgan fingerprint density at radius 3 is 3.05 bits per heavy atom. The van der Waals surface area contributed by atoms with E-state index in [1.807, 2.05) is 19.1 Å². The van der Waals surface area contributed by atoms with E-state index in [0.29, 0.717) is 6.54 Å². The number of anilines is 1. The Bertz CT molecular complexity index is 737. The van der Waals surface area contributed by atoms with Crippen LogP contribution in [0.15, 0.2) is 30.7 Å². The van der Waals surface area contributed by atoms with Crippen molar-refractivity contribution >= 4 is 16.9 Å². The summed E-state index contributed by atoms with van der Waals surface area (Å²) in [4.78, 5) is 8.35. The van der Waals surface area contributed by atoms with E-state index in [1.165, 1.54) is 6.33 Å². The van der Waals surface area contributed by atoms with Crippen molar-refractivity contribution in [2.45, 2.75) is 13.5 Å². The van der Waals surface area contributed by atoms with Crippen molar-refractivity contribution < 1.29 is 4.74 Å². The summed E-state index contributed by atoms with van der Waals surface area (Å²) in [6.45, 7) is 2.68. The molecule has 6 nitrogen and oxygen atoms in total. The van der Waals surface area contributed by atoms with Gasteiger partial charge >= 0.3 is 0 Å². The maximum Gasteiger partial charge on any atom is 0.160 e. The smallest absolute Gasteiger partial charge is 0.160 e. The van der Waals surface area contributed by atoms with E-state index in [4.69, 9.17) is 4.74 Å². The molecule has 0 radical (unpaired) electrons. The molecule has 6 heteroatoms. The van der Waals surface area contributed by atoms with E-state index in [2.05, 4.69) is 31.5 Å². The van der Waals surface area contributed by atoms with Gasteiger partial charge in [0.1, 0.15) is 17.9 Å². The Morgan fingerprint density at radius 1 is 1.30 bits per heavy atom. The number of rotatable bonds is 4. The Hall–Kier alpha value is -2.63. The van der Waals surface area contributed by atoms with E-state index in [0.717, 1.165) is 33.7 Å². The van der Waals surface area contributed by atoms with Crippen LogP contribution in [0, 0.1) is 6.92 Å². The second-order valence-electron chi connectivity index (χ2n) is 4.51. The molecule has 102 valence electrons. The molecule has 0 spiro atoms. The van der Waals surface area contributed by atoms with E-state index in [1.54, 1.807) is 13.3 Å². The van der Waals surface area contributed by atoms with Crippen molar-refractivity contribution in [3.8, 4) is 5.75 Å². The van der Waals surface area contributed by atoms with Gasteiger partial charge in [0.05, 0.1) is 18.7 Å². The van der Waals surface area contributed by atoms with E-state index in [-0.39, 0.29) is 0 Å². The fraction of sp³-hybridized carbons (Fsp3) is 0.214. The Kier molecular flexibility index (Phi) is 3.20. The second-order valence-corrected chi connectivity index (χ2v) is 4.51. The predicted molar refractivity (Wildman–Crippen MR) is 76.7 cm³/mol. The largest absolute Gasteiger partial charge is 0.496 e. The third kappa shape index (κ3) is 2.27. The first-order valence-electron chi connectivity index (χ1n) is 6.29. The van der Waals surface area contributed by atoms with E-state index < -0.39 is 0 Å². The Labute approximate surface area is 116 Å². The molecule has 0 saturated carbocycles. The van der Waals surface area contributed by atoms with Crippen LogP contribution in [0.25, 0.3) is 11.0 Å². The normalized spacial score (nSPS) is 10.7. The van der Waals surface area contributed by atoms with Crippen LogP contribution in [0.5, 0.6) is 5.75 Å². The van der Waals surface area contributed by atoms with Crippen LogP contribution in [0.3, 0.4) is 0 Å². The molecule has 0 bridgehead atoms. The van der Waals surface area contributed by atoms with Gasteiger partial charge in [-0.2, -0.15) is 5.10 Å². The maximum absolute atomic E-state index is 5.33. The number of ether oxygens (including phenoxy) is 1. The van der Waals surface area contributed by atoms with Crippen LogP contribution in [0.2, 0.25) is 0 Å². The zero-order chi connectivity index (χ0) is 13.9. The van der Waals surface area contributed by atoms with Gasteiger partial charge < -0.3 is 10.1 Å². The van der Waals surface area contributed by atoms with Crippen molar-refractivity contribution in [3.05, 3.63) is 41.9 Å². The highest BCUT2D eigenvalue weighted by Gasteiger charge is 2.05. The molecule has 0 aliphatic heterocycles. The third-order valence-corrected chi connectivity index (χ3v) is 3.18. The van der Waals surface area contributed by atoms with Crippen LogP contribution in [-0.2, 0) is 6.54 Å². The standard InChI is InChI=1S/C14H15N5O/c1-9-3-4-10(5-12(9)20-2)6-15-13-11-7-18-19-14(11)17-8-16-13/h3-5,7-8H,6H2,1-2H3,(H2,15,16,17,18,19). The molecule has 0 unspecified atom stereocenters. The first-order chi connectivity index (χ1) is 9.78. The maximum atomic E-state index is 5.33. The molecule has 0 atom stereocenters. The first-order valence-corrected chi connectivity index (χ1v) is 6.29. The third-order valence-electron chi connectivity index (χ3n) is 3.18. The van der Waals surface area contributed by atoms with Crippen LogP contribution >= 0.6 is 0 Å². The number of fused-ring (bicyclic) bond motifs is 1. The van der Waals surface area contributed by atoms with Crippen LogP contribution in [0.4, 0.5) is 5.82 Å². The molecule has 0 saturated heterocycles. The lowest BCUT2D eigenvalue weighted by molar-refractivity contribution is 0.411. The summed E-state index contributed by atoms with van der Waals surface area (Å²) in [6.07, 6.45) is 3.23. The molecule has 0 fully saturated rings. The molecule has 2 aromatic heterocycles. The van der Waals surface area contributed by atoms with Gasteiger partial charge in [-0.1, -0.05) is 12.1 Å². The average molecular weight is 269 g/mol. The van der Waals surface area contributed by atoms with Gasteiger partial charge in [-0.25, -0.2) is 9.97 Å². The van der Waals surface area contributed by atoms with Gasteiger partial charge in [0.25, 0.3) is 0 Å². The Balaban J connectivity index is 1.81. The number of hydrogen-bond donors (Lipinski definition) is 2. The number of hydrogen-bond acceptors (Lipinski definition) is 5. The summed E-state index contributed by atoms with van der Waals surface area (Å²) in [5.41, 5.74) is 2.97. The van der Waals surface area contributed by atoms with Crippen LogP contribution < -0.4 is 10.1 Å². The summed E-state index contributed by atoms with van der Waals surface area (Å²) < 4.78 is 5.33. The number of aromatic nitrogens is 4. The molecule has 3 rings (SSSR count). The SMILES string of the molecule is COc1cc(CNc2ncnc3[nH]ncc23)ccc1C. The molecule has 2 heterocycles. The molecule has 1 aromatic carbocycles. The molecular formula is C14H15N5O. The minimum absolute atomic E-state index is 0.661. The van der Waals surface area contributed by atoms with Gasteiger partial charge in [-0.15, -0.1) is 0 Å². The minimum Gasteiger partial charge on any atom is -0.496 e. The van der Waals surface area contributed by atoms with Gasteiger partial charge in [-0.3, -0.25) is 5.10 Å². The number of benzene rings is 1. The molecule has 2 N–H and O–H groups in total. The fourth-order valence-corrected chi connectivity index (χ4v) is 2.07. The summed E-state index contributed by atoms with van der Waals surface area (Å²) >= 11 is 0. The summed E-state index contributed by atoms with van der Waals surface area (Å²) in [6, 6.07) is 6.14. The lowest BCUT2D eigenvalue weighted by atomic mass is 10.1. The number of methoxy groups -OCH3 is 1. The highest BCUT2D eigenvalue weighted by atomic mass is 16.5. The van der Waals surface area contributed by atoms with Crippen LogP contribution in [0.1, 0.15) is 11.1 Å². The quantitative estimate of drug-likeness (QED) is 0.760. The zero-order valence-corrected chi connectivity index (χ0v) is 11.3. The summed E-state index contributed by atoms with van der Waals surface area (Å²) in [7, 11) is 1.68. The van der Waals surface area contributed by atoms with Crippen molar-refractivity contribution in [1.29, 1.82) is 0 Å². The number of H-pyrrole nitrogens is 1. The highest BCUT2D eigenvalue weighted by molar-refractivity contribution is 5.85. The van der Waals surface area contributed by atoms with Gasteiger partial charge in [-0.05, 0) is 24.1 Å². The topological polar surface area (TPSA) is 75.7 Å². The number of nitrogens with zero attached hydrogens (tertiary/aromatic N) is 3. The van der Waals surface area contributed by atoms with Crippen molar-refractivity contribution in [2.24, 2.45) is 0 Å². The fourth-order valence-electron chi connectivity index (χ4n) is 2.07. The molecular weight excluding hydrogens is 254 g/mol. The van der Waals surface area contributed by atoms with Crippen LogP contribution in [-0.4, -0.2) is 27.3 Å². The molecule has 0 aliphatic rings. The molecule has 3 aromatic rings. The van der Waals surface area contributed by atoms with Gasteiger partial charge in [0, 0.05) is 6.54 Å². The zero-order valence-electron chi connectivity index (χ0n) is 11.3. The average Bonchev–Trinajstić information content (AvgIpc) is 2.95. The van der Waals surface area contributed by atoms with Crippen molar-refractivity contribution in [1.82, 2.24) is 20.2 Å². The number of aromatic amines is 1. The molecule has 20 heavy (non-hydrogen) atoms. The highest BCUT2D eigenvalue weighted by Crippen LogP contribution is 2.21. The van der Waals surface area contributed by atoms with Crippen molar-refractivity contribution in [2.75, 3.05) is 12.4 Å². The first kappa shape index (κ1) is 12.4. The van der Waals surface area contributed by atoms with E-state index in [9.17, 15) is 0 Å². The minimum atomic E-state index is 0.661. The van der Waals surface area contributed by atoms with Gasteiger partial charge in [0.2, 0.25) is 0 Å². The summed E-state index contributed by atoms with van der Waals surface area (Å²) in [5.74, 6) is 1.66. The number of aryl methyl sites for hydroxylation is 1. The van der Waals surface area contributed by atoms with Crippen molar-refractivity contribution in [3.63, 3.8) is 0 Å². The Morgan fingerprint density at radius 2 is 2.20 bits per heavy atom. The lowest BCUT2D eigenvalue weighted by Gasteiger charge is -2.09. The van der Waals surface area contributed by atoms with E-state index >= 15 is 0 Å².